The highest BCUT2D eigenvalue weighted by molar-refractivity contribution is 8.01. The second-order valence-electron chi connectivity index (χ2n) is 3.77. The molecular weight excluding hydrogens is 255 g/mol. The van der Waals surface area contributed by atoms with Crippen LogP contribution in [0.25, 0.3) is 0 Å². The third-order valence-corrected chi connectivity index (χ3v) is 3.15. The first-order valence-corrected chi connectivity index (χ1v) is 5.41. The Hall–Kier alpha value is -1.24. The SMILES string of the molecule is CC(C)(Sc1ncccc1C(F)(F)F)C(=O)O. The number of carbonyl (C=O) groups is 1. The number of rotatable bonds is 3. The van der Waals surface area contributed by atoms with E-state index in [2.05, 4.69) is 4.98 Å². The summed E-state index contributed by atoms with van der Waals surface area (Å²) in [7, 11) is 0. The van der Waals surface area contributed by atoms with Crippen molar-refractivity contribution in [2.24, 2.45) is 0 Å². The summed E-state index contributed by atoms with van der Waals surface area (Å²) in [6.07, 6.45) is -3.33. The van der Waals surface area contributed by atoms with Crippen molar-refractivity contribution in [1.29, 1.82) is 0 Å². The second-order valence-corrected chi connectivity index (χ2v) is 5.38. The largest absolute Gasteiger partial charge is 0.480 e. The number of halogens is 3. The summed E-state index contributed by atoms with van der Waals surface area (Å²) >= 11 is 0.577. The molecule has 0 aliphatic heterocycles. The molecule has 3 nitrogen and oxygen atoms in total. The summed E-state index contributed by atoms with van der Waals surface area (Å²) in [5, 5.41) is 8.54. The molecule has 0 atom stereocenters. The number of carboxylic acid groups (broad SMARTS) is 1. The van der Waals surface area contributed by atoms with Gasteiger partial charge in [-0.25, -0.2) is 4.98 Å². The zero-order chi connectivity index (χ0) is 13.3. The summed E-state index contributed by atoms with van der Waals surface area (Å²) in [4.78, 5) is 14.4. The molecule has 0 unspecified atom stereocenters. The summed E-state index contributed by atoms with van der Waals surface area (Å²) < 4.78 is 36.5. The van der Waals surface area contributed by atoms with Crippen LogP contribution in [0.2, 0.25) is 0 Å². The van der Waals surface area contributed by atoms with Crippen LogP contribution in [-0.4, -0.2) is 20.8 Å². The summed E-state index contributed by atoms with van der Waals surface area (Å²) in [5.41, 5.74) is -0.917. The van der Waals surface area contributed by atoms with Crippen LogP contribution in [-0.2, 0) is 11.0 Å². The Bertz CT molecular complexity index is 432. The highest BCUT2D eigenvalue weighted by atomic mass is 32.2. The smallest absolute Gasteiger partial charge is 0.419 e. The topological polar surface area (TPSA) is 50.2 Å². The van der Waals surface area contributed by atoms with Gasteiger partial charge in [-0.2, -0.15) is 13.2 Å². The third kappa shape index (κ3) is 3.36. The van der Waals surface area contributed by atoms with Crippen LogP contribution >= 0.6 is 11.8 Å². The number of hydrogen-bond donors (Lipinski definition) is 1. The van der Waals surface area contributed by atoms with Gasteiger partial charge in [0, 0.05) is 6.20 Å². The number of carboxylic acids is 1. The van der Waals surface area contributed by atoms with E-state index in [1.54, 1.807) is 0 Å². The summed E-state index contributed by atoms with van der Waals surface area (Å²) in [6.45, 7) is 2.66. The monoisotopic (exact) mass is 265 g/mol. The van der Waals surface area contributed by atoms with Crippen LogP contribution < -0.4 is 0 Å². The average molecular weight is 265 g/mol. The van der Waals surface area contributed by atoms with Gasteiger partial charge in [0.2, 0.25) is 0 Å². The number of thioether (sulfide) groups is 1. The van der Waals surface area contributed by atoms with Gasteiger partial charge in [0.25, 0.3) is 0 Å². The van der Waals surface area contributed by atoms with Gasteiger partial charge < -0.3 is 5.11 Å². The second kappa shape index (κ2) is 4.56. The molecule has 0 fully saturated rings. The molecule has 0 saturated heterocycles. The zero-order valence-electron chi connectivity index (χ0n) is 9.08. The quantitative estimate of drug-likeness (QED) is 0.853. The predicted molar refractivity (Wildman–Crippen MR) is 56.8 cm³/mol. The Kier molecular flexibility index (Phi) is 3.71. The van der Waals surface area contributed by atoms with E-state index < -0.39 is 22.5 Å². The lowest BCUT2D eigenvalue weighted by atomic mass is 10.2. The maximum atomic E-state index is 12.6. The molecular formula is C10H10F3NO2S. The van der Waals surface area contributed by atoms with Crippen LogP contribution in [0.1, 0.15) is 19.4 Å². The van der Waals surface area contributed by atoms with Crippen molar-refractivity contribution in [2.45, 2.75) is 29.8 Å². The van der Waals surface area contributed by atoms with Crippen molar-refractivity contribution in [3.05, 3.63) is 23.9 Å². The normalized spacial score (nSPS) is 12.5. The minimum absolute atomic E-state index is 0.326. The maximum absolute atomic E-state index is 12.6. The molecule has 0 amide bonds. The third-order valence-electron chi connectivity index (χ3n) is 1.94. The van der Waals surface area contributed by atoms with Crippen LogP contribution in [0.15, 0.2) is 23.4 Å². The summed E-state index contributed by atoms with van der Waals surface area (Å²) in [6, 6.07) is 2.05. The lowest BCUT2D eigenvalue weighted by Crippen LogP contribution is -2.27. The Morgan fingerprint density at radius 2 is 2.00 bits per heavy atom. The molecule has 0 aliphatic rings. The molecule has 0 aliphatic carbocycles. The van der Waals surface area contributed by atoms with Crippen LogP contribution in [0.4, 0.5) is 13.2 Å². The molecule has 94 valence electrons. The van der Waals surface area contributed by atoms with Gasteiger partial charge >= 0.3 is 12.1 Å². The van der Waals surface area contributed by atoms with E-state index in [1.165, 1.54) is 26.1 Å². The van der Waals surface area contributed by atoms with E-state index in [0.29, 0.717) is 11.8 Å². The number of pyridine rings is 1. The van der Waals surface area contributed by atoms with E-state index in [1.807, 2.05) is 0 Å². The average Bonchev–Trinajstić information content (AvgIpc) is 2.15. The standard InChI is InChI=1S/C10H10F3NO2S/c1-9(2,8(15)16)17-7-6(10(11,12)13)4-3-5-14-7/h3-5H,1-2H3,(H,15,16). The predicted octanol–water partition coefficient (Wildman–Crippen LogP) is 3.06. The fraction of sp³-hybridized carbons (Fsp3) is 0.400. The van der Waals surface area contributed by atoms with Crippen molar-refractivity contribution in [3.63, 3.8) is 0 Å². The molecule has 0 radical (unpaired) electrons. The number of aromatic nitrogens is 1. The van der Waals surface area contributed by atoms with Crippen LogP contribution in [0.3, 0.4) is 0 Å². The minimum Gasteiger partial charge on any atom is -0.480 e. The van der Waals surface area contributed by atoms with E-state index >= 15 is 0 Å². The Labute approximate surface area is 100 Å². The van der Waals surface area contributed by atoms with Crippen molar-refractivity contribution >= 4 is 17.7 Å². The maximum Gasteiger partial charge on any atom is 0.419 e. The minimum atomic E-state index is -4.54. The Morgan fingerprint density at radius 3 is 2.47 bits per heavy atom. The van der Waals surface area contributed by atoms with E-state index in [9.17, 15) is 18.0 Å². The van der Waals surface area contributed by atoms with E-state index in [-0.39, 0.29) is 5.03 Å². The molecule has 0 aromatic carbocycles. The number of alkyl halides is 3. The van der Waals surface area contributed by atoms with Crippen molar-refractivity contribution < 1.29 is 23.1 Å². The van der Waals surface area contributed by atoms with Crippen molar-refractivity contribution in [2.75, 3.05) is 0 Å². The van der Waals surface area contributed by atoms with E-state index in [0.717, 1.165) is 6.07 Å². The summed E-state index contributed by atoms with van der Waals surface area (Å²) in [5.74, 6) is -1.19. The Morgan fingerprint density at radius 1 is 1.41 bits per heavy atom. The van der Waals surface area contributed by atoms with Crippen molar-refractivity contribution in [1.82, 2.24) is 4.98 Å². The van der Waals surface area contributed by atoms with Gasteiger partial charge in [-0.1, -0.05) is 11.8 Å². The van der Waals surface area contributed by atoms with Crippen LogP contribution in [0.5, 0.6) is 0 Å². The molecule has 1 aromatic rings. The fourth-order valence-electron chi connectivity index (χ4n) is 0.973. The molecule has 17 heavy (non-hydrogen) atoms. The van der Waals surface area contributed by atoms with Gasteiger partial charge in [0.05, 0.1) is 5.56 Å². The molecule has 1 N–H and O–H groups in total. The Balaban J connectivity index is 3.12. The molecule has 1 aromatic heterocycles. The van der Waals surface area contributed by atoms with Gasteiger partial charge in [-0.05, 0) is 26.0 Å². The molecule has 7 heteroatoms. The highest BCUT2D eigenvalue weighted by Crippen LogP contribution is 2.40. The van der Waals surface area contributed by atoms with Crippen LogP contribution in [0, 0.1) is 0 Å². The first kappa shape index (κ1) is 13.8. The van der Waals surface area contributed by atoms with Gasteiger partial charge in [-0.15, -0.1) is 0 Å². The molecule has 0 spiro atoms. The fourth-order valence-corrected chi connectivity index (χ4v) is 1.95. The molecule has 0 saturated carbocycles. The molecule has 1 heterocycles. The lowest BCUT2D eigenvalue weighted by molar-refractivity contribution is -0.141. The molecule has 1 rings (SSSR count). The van der Waals surface area contributed by atoms with Gasteiger partial charge in [0.1, 0.15) is 9.77 Å². The van der Waals surface area contributed by atoms with Gasteiger partial charge in [-0.3, -0.25) is 4.79 Å². The van der Waals surface area contributed by atoms with Gasteiger partial charge in [0.15, 0.2) is 0 Å². The van der Waals surface area contributed by atoms with Crippen molar-refractivity contribution in [3.8, 4) is 0 Å². The zero-order valence-corrected chi connectivity index (χ0v) is 9.89. The number of nitrogens with zero attached hydrogens (tertiary/aromatic N) is 1. The number of aliphatic carboxylic acids is 1. The first-order valence-electron chi connectivity index (χ1n) is 4.59. The first-order chi connectivity index (χ1) is 7.64. The number of hydrogen-bond acceptors (Lipinski definition) is 3. The molecule has 0 bridgehead atoms. The highest BCUT2D eigenvalue weighted by Gasteiger charge is 2.37. The van der Waals surface area contributed by atoms with E-state index in [4.69, 9.17) is 5.11 Å². The lowest BCUT2D eigenvalue weighted by Gasteiger charge is -2.20.